The van der Waals surface area contributed by atoms with Crippen LogP contribution in [0.25, 0.3) is 0 Å². The molecule has 94 valence electrons. The van der Waals surface area contributed by atoms with E-state index in [1.54, 1.807) is 7.11 Å². The average Bonchev–Trinajstić information content (AvgIpc) is 2.60. The van der Waals surface area contributed by atoms with Gasteiger partial charge in [-0.25, -0.2) is 0 Å². The van der Waals surface area contributed by atoms with Crippen LogP contribution in [0.4, 0.5) is 5.69 Å². The number of nitrogens with two attached hydrogens (primary N) is 1. The van der Waals surface area contributed by atoms with Crippen molar-refractivity contribution in [3.63, 3.8) is 0 Å². The second-order valence-corrected chi connectivity index (χ2v) is 5.53. The van der Waals surface area contributed by atoms with Crippen LogP contribution in [0, 0.1) is 0 Å². The SMILES string of the molecule is COc1ccc(CN2CCCSCC2)c(N)c1. The van der Waals surface area contributed by atoms with Crippen molar-refractivity contribution in [2.24, 2.45) is 0 Å². The predicted octanol–water partition coefficient (Wildman–Crippen LogP) is 2.22. The number of hydrogen-bond donors (Lipinski definition) is 1. The number of rotatable bonds is 3. The number of hydrogen-bond acceptors (Lipinski definition) is 4. The third kappa shape index (κ3) is 3.54. The molecule has 1 aromatic carbocycles. The second kappa shape index (κ2) is 6.17. The zero-order valence-corrected chi connectivity index (χ0v) is 11.1. The summed E-state index contributed by atoms with van der Waals surface area (Å²) < 4.78 is 5.16. The van der Waals surface area contributed by atoms with Gasteiger partial charge in [-0.15, -0.1) is 0 Å². The van der Waals surface area contributed by atoms with Crippen molar-refractivity contribution in [3.8, 4) is 5.75 Å². The highest BCUT2D eigenvalue weighted by Crippen LogP contribution is 2.22. The highest BCUT2D eigenvalue weighted by molar-refractivity contribution is 7.99. The van der Waals surface area contributed by atoms with Gasteiger partial charge in [0, 0.05) is 30.6 Å². The Morgan fingerprint density at radius 1 is 1.35 bits per heavy atom. The van der Waals surface area contributed by atoms with Gasteiger partial charge >= 0.3 is 0 Å². The van der Waals surface area contributed by atoms with Gasteiger partial charge in [0.2, 0.25) is 0 Å². The van der Waals surface area contributed by atoms with Crippen molar-refractivity contribution < 1.29 is 4.74 Å². The maximum atomic E-state index is 6.04. The molecular weight excluding hydrogens is 232 g/mol. The predicted molar refractivity (Wildman–Crippen MR) is 74.6 cm³/mol. The Morgan fingerprint density at radius 2 is 2.24 bits per heavy atom. The van der Waals surface area contributed by atoms with Gasteiger partial charge < -0.3 is 10.5 Å². The molecule has 0 saturated carbocycles. The molecule has 2 N–H and O–H groups in total. The van der Waals surface area contributed by atoms with E-state index in [4.69, 9.17) is 10.5 Å². The van der Waals surface area contributed by atoms with Gasteiger partial charge in [0.15, 0.2) is 0 Å². The molecule has 1 aliphatic heterocycles. The Labute approximate surface area is 107 Å². The van der Waals surface area contributed by atoms with Crippen LogP contribution in [0.3, 0.4) is 0 Å². The molecule has 0 radical (unpaired) electrons. The summed E-state index contributed by atoms with van der Waals surface area (Å²) in [7, 11) is 1.67. The van der Waals surface area contributed by atoms with Gasteiger partial charge in [-0.3, -0.25) is 4.90 Å². The van der Waals surface area contributed by atoms with Crippen LogP contribution in [-0.2, 0) is 6.54 Å². The second-order valence-electron chi connectivity index (χ2n) is 4.31. The smallest absolute Gasteiger partial charge is 0.120 e. The highest BCUT2D eigenvalue weighted by Gasteiger charge is 2.11. The lowest BCUT2D eigenvalue weighted by atomic mass is 10.1. The van der Waals surface area contributed by atoms with Crippen LogP contribution >= 0.6 is 11.8 Å². The van der Waals surface area contributed by atoms with E-state index in [0.29, 0.717) is 0 Å². The number of thioether (sulfide) groups is 1. The Morgan fingerprint density at radius 3 is 3.00 bits per heavy atom. The zero-order valence-electron chi connectivity index (χ0n) is 10.3. The Hall–Kier alpha value is -0.870. The molecule has 1 heterocycles. The van der Waals surface area contributed by atoms with Gasteiger partial charge in [0.25, 0.3) is 0 Å². The van der Waals surface area contributed by atoms with Gasteiger partial charge in [-0.1, -0.05) is 6.07 Å². The summed E-state index contributed by atoms with van der Waals surface area (Å²) >= 11 is 2.05. The summed E-state index contributed by atoms with van der Waals surface area (Å²) in [4.78, 5) is 2.48. The van der Waals surface area contributed by atoms with Crippen molar-refractivity contribution in [2.75, 3.05) is 37.4 Å². The zero-order chi connectivity index (χ0) is 12.1. The minimum absolute atomic E-state index is 0.831. The molecule has 1 aromatic rings. The molecule has 0 unspecified atom stereocenters. The van der Waals surface area contributed by atoms with Crippen LogP contribution in [-0.4, -0.2) is 36.6 Å². The lowest BCUT2D eigenvalue weighted by molar-refractivity contribution is 0.288. The summed E-state index contributed by atoms with van der Waals surface area (Å²) in [6.07, 6.45) is 1.28. The van der Waals surface area contributed by atoms with Crippen molar-refractivity contribution >= 4 is 17.4 Å². The van der Waals surface area contributed by atoms with Crippen molar-refractivity contribution in [3.05, 3.63) is 23.8 Å². The number of benzene rings is 1. The third-order valence-electron chi connectivity index (χ3n) is 3.06. The molecule has 0 aromatic heterocycles. The minimum Gasteiger partial charge on any atom is -0.497 e. The number of nitrogen functional groups attached to an aromatic ring is 1. The topological polar surface area (TPSA) is 38.5 Å². The maximum absolute atomic E-state index is 6.04. The van der Waals surface area contributed by atoms with Crippen LogP contribution < -0.4 is 10.5 Å². The molecule has 0 spiro atoms. The van der Waals surface area contributed by atoms with Crippen molar-refractivity contribution in [1.82, 2.24) is 4.90 Å². The van der Waals surface area contributed by atoms with E-state index in [2.05, 4.69) is 11.0 Å². The largest absolute Gasteiger partial charge is 0.497 e. The number of nitrogens with zero attached hydrogens (tertiary/aromatic N) is 1. The molecule has 0 bridgehead atoms. The van der Waals surface area contributed by atoms with E-state index in [1.165, 1.54) is 30.0 Å². The summed E-state index contributed by atoms with van der Waals surface area (Å²) in [6, 6.07) is 5.96. The van der Waals surface area contributed by atoms with Crippen LogP contribution in [0.5, 0.6) is 5.75 Å². The first-order valence-corrected chi connectivity index (χ1v) is 7.17. The van der Waals surface area contributed by atoms with Crippen LogP contribution in [0.1, 0.15) is 12.0 Å². The molecule has 1 aliphatic rings. The number of ether oxygens (including phenoxy) is 1. The van der Waals surface area contributed by atoms with Gasteiger partial charge in [0.1, 0.15) is 5.75 Å². The normalized spacial score (nSPS) is 17.7. The maximum Gasteiger partial charge on any atom is 0.120 e. The first kappa shape index (κ1) is 12.6. The molecule has 0 atom stereocenters. The Kier molecular flexibility index (Phi) is 4.57. The molecular formula is C13H20N2OS. The van der Waals surface area contributed by atoms with E-state index >= 15 is 0 Å². The minimum atomic E-state index is 0.831. The fourth-order valence-electron chi connectivity index (χ4n) is 2.04. The first-order valence-electron chi connectivity index (χ1n) is 6.02. The molecule has 4 heteroatoms. The van der Waals surface area contributed by atoms with E-state index in [1.807, 2.05) is 23.9 Å². The van der Waals surface area contributed by atoms with E-state index < -0.39 is 0 Å². The fourth-order valence-corrected chi connectivity index (χ4v) is 2.97. The Bertz CT molecular complexity index is 362. The molecule has 0 amide bonds. The lowest BCUT2D eigenvalue weighted by Crippen LogP contribution is -2.25. The van der Waals surface area contributed by atoms with Gasteiger partial charge in [-0.05, 0) is 30.3 Å². The molecule has 0 aliphatic carbocycles. The standard InChI is InChI=1S/C13H20N2OS/c1-16-12-4-3-11(13(14)9-12)10-15-5-2-7-17-8-6-15/h3-4,9H,2,5-8,10,14H2,1H3. The average molecular weight is 252 g/mol. The van der Waals surface area contributed by atoms with Crippen LogP contribution in [0.2, 0.25) is 0 Å². The Balaban J connectivity index is 2.01. The number of methoxy groups -OCH3 is 1. The van der Waals surface area contributed by atoms with Crippen molar-refractivity contribution in [1.29, 1.82) is 0 Å². The molecule has 2 rings (SSSR count). The summed E-state index contributed by atoms with van der Waals surface area (Å²) in [6.45, 7) is 3.30. The van der Waals surface area contributed by atoms with Gasteiger partial charge in [-0.2, -0.15) is 11.8 Å². The van der Waals surface area contributed by atoms with E-state index in [-0.39, 0.29) is 0 Å². The summed E-state index contributed by atoms with van der Waals surface area (Å²) in [5.74, 6) is 3.35. The molecule has 1 fully saturated rings. The van der Waals surface area contributed by atoms with Crippen LogP contribution in [0.15, 0.2) is 18.2 Å². The number of anilines is 1. The van der Waals surface area contributed by atoms with Gasteiger partial charge in [0.05, 0.1) is 7.11 Å². The van der Waals surface area contributed by atoms with E-state index in [0.717, 1.165) is 24.5 Å². The fraction of sp³-hybridized carbons (Fsp3) is 0.538. The molecule has 3 nitrogen and oxygen atoms in total. The highest BCUT2D eigenvalue weighted by atomic mass is 32.2. The first-order chi connectivity index (χ1) is 8.29. The monoisotopic (exact) mass is 252 g/mol. The summed E-state index contributed by atoms with van der Waals surface area (Å²) in [5, 5.41) is 0. The summed E-state index contributed by atoms with van der Waals surface area (Å²) in [5.41, 5.74) is 8.08. The van der Waals surface area contributed by atoms with E-state index in [9.17, 15) is 0 Å². The quantitative estimate of drug-likeness (QED) is 0.837. The third-order valence-corrected chi connectivity index (χ3v) is 4.11. The lowest BCUT2D eigenvalue weighted by Gasteiger charge is -2.20. The van der Waals surface area contributed by atoms with Crippen molar-refractivity contribution in [2.45, 2.75) is 13.0 Å². The molecule has 17 heavy (non-hydrogen) atoms. The molecule has 1 saturated heterocycles.